The van der Waals surface area contributed by atoms with E-state index in [1.165, 1.54) is 44.9 Å². The Kier molecular flexibility index (Phi) is 6.19. The fourth-order valence-corrected chi connectivity index (χ4v) is 9.30. The lowest BCUT2D eigenvalue weighted by Crippen LogP contribution is -2.58. The molecule has 0 spiro atoms. The predicted molar refractivity (Wildman–Crippen MR) is 120 cm³/mol. The standard InChI is InChI=1S/C27H48O2/c1-17(2)7-6-8-18(3)21-9-10-22-20-16-25(29)24-15-19(28)11-13-27(24,5)23(20)12-14-26(21,22)4/h17-25,28-29H,6-16H2,1-5H3/t18-,19-,20-,21-,22-,23-,24+,25-,26+,27+/m0/s1. The van der Waals surface area contributed by atoms with Crippen LogP contribution in [0.4, 0.5) is 0 Å². The molecule has 0 aromatic heterocycles. The van der Waals surface area contributed by atoms with Gasteiger partial charge in [-0.25, -0.2) is 0 Å². The van der Waals surface area contributed by atoms with Gasteiger partial charge in [0, 0.05) is 0 Å². The third kappa shape index (κ3) is 3.73. The van der Waals surface area contributed by atoms with Crippen molar-refractivity contribution in [3.8, 4) is 0 Å². The molecule has 4 saturated carbocycles. The van der Waals surface area contributed by atoms with E-state index in [1.807, 2.05) is 0 Å². The highest BCUT2D eigenvalue weighted by Gasteiger charge is 2.62. The highest BCUT2D eigenvalue weighted by Crippen LogP contribution is 2.68. The first-order chi connectivity index (χ1) is 13.7. The maximum Gasteiger partial charge on any atom is 0.0577 e. The smallest absolute Gasteiger partial charge is 0.0577 e. The molecule has 10 atom stereocenters. The van der Waals surface area contributed by atoms with Crippen LogP contribution >= 0.6 is 0 Å². The second-order valence-electron chi connectivity index (χ2n) is 12.8. The van der Waals surface area contributed by atoms with Gasteiger partial charge in [-0.3, -0.25) is 0 Å². The van der Waals surface area contributed by atoms with Crippen LogP contribution in [-0.4, -0.2) is 22.4 Å². The minimum atomic E-state index is -0.193. The molecule has 4 rings (SSSR count). The first kappa shape index (κ1) is 22.1. The molecule has 0 amide bonds. The molecular weight excluding hydrogens is 356 g/mol. The van der Waals surface area contributed by atoms with Crippen LogP contribution in [0, 0.1) is 52.3 Å². The molecular formula is C27H48O2. The summed E-state index contributed by atoms with van der Waals surface area (Å²) in [5.74, 6) is 5.20. The fourth-order valence-electron chi connectivity index (χ4n) is 9.30. The first-order valence-electron chi connectivity index (χ1n) is 13.0. The quantitative estimate of drug-likeness (QED) is 0.553. The number of rotatable bonds is 5. The molecule has 29 heavy (non-hydrogen) atoms. The summed E-state index contributed by atoms with van der Waals surface area (Å²) in [5, 5.41) is 21.4. The van der Waals surface area contributed by atoms with Gasteiger partial charge in [0.2, 0.25) is 0 Å². The number of aliphatic hydroxyl groups excluding tert-OH is 2. The van der Waals surface area contributed by atoms with Gasteiger partial charge in [-0.1, -0.05) is 53.9 Å². The Labute approximate surface area is 180 Å². The summed E-state index contributed by atoms with van der Waals surface area (Å²) in [6.45, 7) is 12.4. The van der Waals surface area contributed by atoms with Crippen LogP contribution in [-0.2, 0) is 0 Å². The SMILES string of the molecule is CC(C)CCC[C@H](C)[C@@H]1CC[C@H]2[C@@H]3C[C@H](O)[C@H]4C[C@@H](O)CC[C@]4(C)[C@H]3CC[C@@]21C. The van der Waals surface area contributed by atoms with Crippen LogP contribution < -0.4 is 0 Å². The summed E-state index contributed by atoms with van der Waals surface area (Å²) >= 11 is 0. The lowest BCUT2D eigenvalue weighted by molar-refractivity contribution is -0.172. The van der Waals surface area contributed by atoms with Gasteiger partial charge in [0.05, 0.1) is 12.2 Å². The minimum Gasteiger partial charge on any atom is -0.393 e. The average Bonchev–Trinajstić information content (AvgIpc) is 3.00. The summed E-state index contributed by atoms with van der Waals surface area (Å²) in [6.07, 6.45) is 13.3. The largest absolute Gasteiger partial charge is 0.393 e. The van der Waals surface area contributed by atoms with Crippen LogP contribution in [0.2, 0.25) is 0 Å². The molecule has 0 heterocycles. The molecule has 0 bridgehead atoms. The summed E-state index contributed by atoms with van der Waals surface area (Å²) < 4.78 is 0. The van der Waals surface area contributed by atoms with Gasteiger partial charge in [0.25, 0.3) is 0 Å². The second kappa shape index (κ2) is 8.12. The lowest BCUT2D eigenvalue weighted by Gasteiger charge is -2.62. The fraction of sp³-hybridized carbons (Fsp3) is 1.00. The topological polar surface area (TPSA) is 40.5 Å². The molecule has 2 heteroatoms. The van der Waals surface area contributed by atoms with E-state index >= 15 is 0 Å². The maximum absolute atomic E-state index is 11.2. The van der Waals surface area contributed by atoms with E-state index in [0.29, 0.717) is 17.3 Å². The maximum atomic E-state index is 11.2. The molecule has 0 unspecified atom stereocenters. The first-order valence-corrected chi connectivity index (χ1v) is 13.0. The van der Waals surface area contributed by atoms with Crippen LogP contribution in [0.5, 0.6) is 0 Å². The van der Waals surface area contributed by atoms with E-state index in [4.69, 9.17) is 0 Å². The van der Waals surface area contributed by atoms with Crippen LogP contribution in [0.3, 0.4) is 0 Å². The highest BCUT2D eigenvalue weighted by molar-refractivity contribution is 5.11. The monoisotopic (exact) mass is 404 g/mol. The van der Waals surface area contributed by atoms with Gasteiger partial charge < -0.3 is 10.2 Å². The normalized spacial score (nSPS) is 50.7. The van der Waals surface area contributed by atoms with Crippen molar-refractivity contribution < 1.29 is 10.2 Å². The Balaban J connectivity index is 1.50. The van der Waals surface area contributed by atoms with Gasteiger partial charge in [-0.05, 0) is 104 Å². The third-order valence-electron chi connectivity index (χ3n) is 10.9. The Morgan fingerprint density at radius 2 is 1.48 bits per heavy atom. The zero-order valence-corrected chi connectivity index (χ0v) is 19.9. The van der Waals surface area contributed by atoms with E-state index in [9.17, 15) is 10.2 Å². The molecule has 0 aromatic carbocycles. The summed E-state index contributed by atoms with van der Waals surface area (Å²) in [6, 6.07) is 0. The summed E-state index contributed by atoms with van der Waals surface area (Å²) in [4.78, 5) is 0. The Morgan fingerprint density at radius 3 is 2.21 bits per heavy atom. The van der Waals surface area contributed by atoms with Crippen molar-refractivity contribution in [2.45, 2.75) is 117 Å². The summed E-state index contributed by atoms with van der Waals surface area (Å²) in [5.41, 5.74) is 0.749. The highest BCUT2D eigenvalue weighted by atomic mass is 16.3. The van der Waals surface area contributed by atoms with E-state index in [1.54, 1.807) is 0 Å². The Bertz CT molecular complexity index is 573. The average molecular weight is 405 g/mol. The van der Waals surface area contributed by atoms with E-state index in [2.05, 4.69) is 34.6 Å². The number of fused-ring (bicyclic) bond motifs is 5. The molecule has 4 aliphatic rings. The third-order valence-corrected chi connectivity index (χ3v) is 10.9. The molecule has 0 aromatic rings. The molecule has 4 fully saturated rings. The van der Waals surface area contributed by atoms with Crippen molar-refractivity contribution in [2.75, 3.05) is 0 Å². The van der Waals surface area contributed by atoms with Crippen molar-refractivity contribution >= 4 is 0 Å². The van der Waals surface area contributed by atoms with Crippen molar-refractivity contribution in [1.82, 2.24) is 0 Å². The minimum absolute atomic E-state index is 0.185. The Morgan fingerprint density at radius 1 is 0.793 bits per heavy atom. The van der Waals surface area contributed by atoms with Crippen LogP contribution in [0.25, 0.3) is 0 Å². The molecule has 4 aliphatic carbocycles. The van der Waals surface area contributed by atoms with Crippen molar-refractivity contribution in [3.63, 3.8) is 0 Å². The predicted octanol–water partition coefficient (Wildman–Crippen LogP) is 6.44. The van der Waals surface area contributed by atoms with E-state index in [0.717, 1.165) is 55.3 Å². The number of hydrogen-bond donors (Lipinski definition) is 2. The van der Waals surface area contributed by atoms with Gasteiger partial charge in [0.1, 0.15) is 0 Å². The Hall–Kier alpha value is -0.0800. The van der Waals surface area contributed by atoms with Crippen LogP contribution in [0.15, 0.2) is 0 Å². The van der Waals surface area contributed by atoms with Crippen molar-refractivity contribution in [1.29, 1.82) is 0 Å². The molecule has 2 N–H and O–H groups in total. The molecule has 168 valence electrons. The zero-order valence-electron chi connectivity index (χ0n) is 19.9. The number of hydrogen-bond acceptors (Lipinski definition) is 2. The molecule has 0 radical (unpaired) electrons. The summed E-state index contributed by atoms with van der Waals surface area (Å²) in [7, 11) is 0. The van der Waals surface area contributed by atoms with Crippen molar-refractivity contribution in [3.05, 3.63) is 0 Å². The number of aliphatic hydroxyl groups is 2. The molecule has 0 saturated heterocycles. The molecule has 2 nitrogen and oxygen atoms in total. The zero-order chi connectivity index (χ0) is 21.0. The van der Waals surface area contributed by atoms with Gasteiger partial charge in [0.15, 0.2) is 0 Å². The van der Waals surface area contributed by atoms with Gasteiger partial charge in [-0.2, -0.15) is 0 Å². The molecule has 0 aliphatic heterocycles. The van der Waals surface area contributed by atoms with Gasteiger partial charge >= 0.3 is 0 Å². The van der Waals surface area contributed by atoms with Crippen LogP contribution in [0.1, 0.15) is 105 Å². The van der Waals surface area contributed by atoms with Gasteiger partial charge in [-0.15, -0.1) is 0 Å². The second-order valence-corrected chi connectivity index (χ2v) is 12.8. The van der Waals surface area contributed by atoms with E-state index in [-0.39, 0.29) is 17.6 Å². The van der Waals surface area contributed by atoms with Crippen molar-refractivity contribution in [2.24, 2.45) is 52.3 Å². The lowest BCUT2D eigenvalue weighted by atomic mass is 9.44. The van der Waals surface area contributed by atoms with E-state index < -0.39 is 0 Å².